The zero-order valence-corrected chi connectivity index (χ0v) is 12.8. The zero-order chi connectivity index (χ0) is 15.2. The summed E-state index contributed by atoms with van der Waals surface area (Å²) in [5.74, 6) is 0.760. The van der Waals surface area contributed by atoms with Crippen LogP contribution in [0.1, 0.15) is 27.2 Å². The number of urea groups is 1. The van der Waals surface area contributed by atoms with Gasteiger partial charge in [-0.2, -0.15) is 0 Å². The van der Waals surface area contributed by atoms with Gasteiger partial charge in [0, 0.05) is 18.8 Å². The van der Waals surface area contributed by atoms with E-state index in [1.165, 1.54) is 0 Å². The van der Waals surface area contributed by atoms with Crippen LogP contribution >= 0.6 is 0 Å². The summed E-state index contributed by atoms with van der Waals surface area (Å²) in [4.78, 5) is 14.2. The van der Waals surface area contributed by atoms with Crippen LogP contribution in [-0.4, -0.2) is 36.7 Å². The minimum atomic E-state index is -0.368. The van der Waals surface area contributed by atoms with E-state index in [-0.39, 0.29) is 11.6 Å². The molecule has 0 spiro atoms. The molecule has 0 saturated carbocycles. The van der Waals surface area contributed by atoms with Gasteiger partial charge in [-0.1, -0.05) is 6.92 Å². The van der Waals surface area contributed by atoms with E-state index in [4.69, 9.17) is 10.5 Å². The molecule has 0 aliphatic carbocycles. The molecule has 0 saturated heterocycles. The van der Waals surface area contributed by atoms with Crippen LogP contribution in [0.15, 0.2) is 24.3 Å². The fourth-order valence-electron chi connectivity index (χ4n) is 1.88. The highest BCUT2D eigenvalue weighted by Crippen LogP contribution is 2.18. The fraction of sp³-hybridized carbons (Fsp3) is 0.533. The largest absolute Gasteiger partial charge is 0.497 e. The van der Waals surface area contributed by atoms with Gasteiger partial charge in [0.25, 0.3) is 0 Å². The molecule has 1 aromatic carbocycles. The number of ether oxygens (including phenoxy) is 1. The van der Waals surface area contributed by atoms with Crippen molar-refractivity contribution >= 4 is 11.7 Å². The van der Waals surface area contributed by atoms with Crippen molar-refractivity contribution in [2.24, 2.45) is 5.73 Å². The number of methoxy groups -OCH3 is 1. The minimum Gasteiger partial charge on any atom is -0.497 e. The number of carbonyl (C=O) groups excluding carboxylic acids is 1. The van der Waals surface area contributed by atoms with E-state index in [2.05, 4.69) is 5.32 Å². The summed E-state index contributed by atoms with van der Waals surface area (Å²) in [5, 5.41) is 2.89. The van der Waals surface area contributed by atoms with E-state index in [1.807, 2.05) is 45.0 Å². The molecule has 0 heterocycles. The first-order valence-corrected chi connectivity index (χ1v) is 6.87. The number of carbonyl (C=O) groups is 1. The molecule has 0 unspecified atom stereocenters. The summed E-state index contributed by atoms with van der Waals surface area (Å²) in [7, 11) is 1.61. The van der Waals surface area contributed by atoms with Crippen molar-refractivity contribution in [3.05, 3.63) is 24.3 Å². The van der Waals surface area contributed by atoms with Crippen LogP contribution < -0.4 is 15.8 Å². The molecule has 3 N–H and O–H groups in total. The van der Waals surface area contributed by atoms with Crippen molar-refractivity contribution in [3.8, 4) is 5.75 Å². The van der Waals surface area contributed by atoms with E-state index in [0.29, 0.717) is 13.1 Å². The van der Waals surface area contributed by atoms with Gasteiger partial charge in [0.05, 0.1) is 12.6 Å². The zero-order valence-electron chi connectivity index (χ0n) is 12.8. The molecule has 0 bridgehead atoms. The van der Waals surface area contributed by atoms with Crippen molar-refractivity contribution in [2.45, 2.75) is 32.7 Å². The molecule has 0 aliphatic heterocycles. The van der Waals surface area contributed by atoms with E-state index >= 15 is 0 Å². The topological polar surface area (TPSA) is 67.6 Å². The molecular weight excluding hydrogens is 254 g/mol. The van der Waals surface area contributed by atoms with Gasteiger partial charge in [-0.15, -0.1) is 0 Å². The molecule has 0 atom stereocenters. The quantitative estimate of drug-likeness (QED) is 0.841. The number of nitrogens with two attached hydrogens (primary N) is 1. The molecule has 1 rings (SSSR count). The van der Waals surface area contributed by atoms with Crippen LogP contribution in [-0.2, 0) is 0 Å². The first kappa shape index (κ1) is 16.3. The first-order valence-electron chi connectivity index (χ1n) is 6.87. The first-order chi connectivity index (χ1) is 9.44. The smallest absolute Gasteiger partial charge is 0.322 e. The van der Waals surface area contributed by atoms with Crippen LogP contribution in [0.2, 0.25) is 0 Å². The number of hydrogen-bond donors (Lipinski definition) is 2. The van der Waals surface area contributed by atoms with Crippen LogP contribution in [0.5, 0.6) is 5.75 Å². The van der Waals surface area contributed by atoms with E-state index in [1.54, 1.807) is 12.0 Å². The third-order valence-electron chi connectivity index (χ3n) is 3.26. The average Bonchev–Trinajstić information content (AvgIpc) is 2.45. The Hall–Kier alpha value is -1.75. The second-order valence-electron chi connectivity index (χ2n) is 5.33. The summed E-state index contributed by atoms with van der Waals surface area (Å²) in [6, 6.07) is 7.13. The monoisotopic (exact) mass is 279 g/mol. The standard InChI is InChI=1S/C15H25N3O2/c1-5-10-18(15(2,3)11-16)14(19)17-12-6-8-13(20-4)9-7-12/h6-9H,5,10-11,16H2,1-4H3,(H,17,19). The lowest BCUT2D eigenvalue weighted by atomic mass is 10.0. The maximum atomic E-state index is 12.4. The van der Waals surface area contributed by atoms with Crippen LogP contribution in [0.25, 0.3) is 0 Å². The SMILES string of the molecule is CCCN(C(=O)Nc1ccc(OC)cc1)C(C)(C)CN. The van der Waals surface area contributed by atoms with Gasteiger partial charge in [0.15, 0.2) is 0 Å². The van der Waals surface area contributed by atoms with E-state index in [0.717, 1.165) is 17.9 Å². The molecule has 0 aliphatic rings. The Morgan fingerprint density at radius 3 is 2.40 bits per heavy atom. The number of nitrogens with zero attached hydrogens (tertiary/aromatic N) is 1. The van der Waals surface area contributed by atoms with Crippen molar-refractivity contribution in [1.29, 1.82) is 0 Å². The molecule has 112 valence electrons. The highest BCUT2D eigenvalue weighted by atomic mass is 16.5. The van der Waals surface area contributed by atoms with E-state index in [9.17, 15) is 4.79 Å². The minimum absolute atomic E-state index is 0.132. The van der Waals surface area contributed by atoms with Gasteiger partial charge < -0.3 is 20.7 Å². The Balaban J connectivity index is 2.79. The summed E-state index contributed by atoms with van der Waals surface area (Å²) < 4.78 is 5.09. The lowest BCUT2D eigenvalue weighted by molar-refractivity contribution is 0.150. The van der Waals surface area contributed by atoms with Gasteiger partial charge in [-0.25, -0.2) is 4.79 Å². The predicted molar refractivity (Wildman–Crippen MR) is 82.1 cm³/mol. The summed E-state index contributed by atoms with van der Waals surface area (Å²) >= 11 is 0. The Kier molecular flexibility index (Phi) is 5.82. The molecule has 0 fully saturated rings. The number of nitrogens with one attached hydrogen (secondary N) is 1. The molecule has 0 radical (unpaired) electrons. The second kappa shape index (κ2) is 7.14. The normalized spacial score (nSPS) is 11.1. The molecule has 5 heteroatoms. The Morgan fingerprint density at radius 1 is 1.35 bits per heavy atom. The van der Waals surface area contributed by atoms with Crippen molar-refractivity contribution in [2.75, 3.05) is 25.5 Å². The Morgan fingerprint density at radius 2 is 1.95 bits per heavy atom. The maximum absolute atomic E-state index is 12.4. The van der Waals surface area contributed by atoms with Crippen molar-refractivity contribution < 1.29 is 9.53 Å². The molecule has 20 heavy (non-hydrogen) atoms. The summed E-state index contributed by atoms with van der Waals surface area (Å²) in [6.07, 6.45) is 0.888. The highest BCUT2D eigenvalue weighted by Gasteiger charge is 2.28. The van der Waals surface area contributed by atoms with Crippen LogP contribution in [0.3, 0.4) is 0 Å². The number of benzene rings is 1. The number of hydrogen-bond acceptors (Lipinski definition) is 3. The van der Waals surface area contributed by atoms with Crippen LogP contribution in [0, 0.1) is 0 Å². The summed E-state index contributed by atoms with van der Waals surface area (Å²) in [6.45, 7) is 7.07. The molecule has 2 amide bonds. The number of amides is 2. The fourth-order valence-corrected chi connectivity index (χ4v) is 1.88. The number of rotatable bonds is 6. The third kappa shape index (κ3) is 4.13. The lowest BCUT2D eigenvalue weighted by Crippen LogP contribution is -2.54. The van der Waals surface area contributed by atoms with Gasteiger partial charge in [0.2, 0.25) is 0 Å². The lowest BCUT2D eigenvalue weighted by Gasteiger charge is -2.37. The van der Waals surface area contributed by atoms with Gasteiger partial charge in [0.1, 0.15) is 5.75 Å². The highest BCUT2D eigenvalue weighted by molar-refractivity contribution is 5.89. The Bertz CT molecular complexity index is 429. The molecule has 5 nitrogen and oxygen atoms in total. The van der Waals surface area contributed by atoms with Crippen molar-refractivity contribution in [3.63, 3.8) is 0 Å². The second-order valence-corrected chi connectivity index (χ2v) is 5.33. The molecule has 0 aromatic heterocycles. The summed E-state index contributed by atoms with van der Waals surface area (Å²) in [5.41, 5.74) is 6.14. The molecule has 1 aromatic rings. The molecular formula is C15H25N3O2. The van der Waals surface area contributed by atoms with E-state index < -0.39 is 0 Å². The number of anilines is 1. The predicted octanol–water partition coefficient (Wildman–Crippen LogP) is 2.68. The van der Waals surface area contributed by atoms with Crippen LogP contribution in [0.4, 0.5) is 10.5 Å². The Labute approximate surface area is 121 Å². The third-order valence-corrected chi connectivity index (χ3v) is 3.26. The van der Waals surface area contributed by atoms with Crippen molar-refractivity contribution in [1.82, 2.24) is 4.90 Å². The average molecular weight is 279 g/mol. The van der Waals surface area contributed by atoms with Gasteiger partial charge in [-0.3, -0.25) is 0 Å². The van der Waals surface area contributed by atoms with Gasteiger partial charge in [-0.05, 0) is 44.5 Å². The maximum Gasteiger partial charge on any atom is 0.322 e. The van der Waals surface area contributed by atoms with Gasteiger partial charge >= 0.3 is 6.03 Å².